The van der Waals surface area contributed by atoms with Gasteiger partial charge in [0.1, 0.15) is 11.3 Å². The van der Waals surface area contributed by atoms with Crippen LogP contribution in [-0.4, -0.2) is 17.6 Å². The van der Waals surface area contributed by atoms with Gasteiger partial charge in [0.05, 0.1) is 24.1 Å². The lowest BCUT2D eigenvalue weighted by molar-refractivity contribution is 0.0524. The molecule has 4 nitrogen and oxygen atoms in total. The SMILES string of the molecule is CCOC(=O)c1ccoc1CSc1ccnc2ccccc12. The van der Waals surface area contributed by atoms with Crippen molar-refractivity contribution >= 4 is 28.6 Å². The van der Waals surface area contributed by atoms with Crippen LogP contribution < -0.4 is 0 Å². The molecule has 22 heavy (non-hydrogen) atoms. The molecule has 0 aliphatic rings. The summed E-state index contributed by atoms with van der Waals surface area (Å²) in [7, 11) is 0. The quantitative estimate of drug-likeness (QED) is 0.519. The van der Waals surface area contributed by atoms with E-state index in [0.29, 0.717) is 23.7 Å². The van der Waals surface area contributed by atoms with E-state index in [2.05, 4.69) is 4.98 Å². The fourth-order valence-electron chi connectivity index (χ4n) is 2.18. The molecule has 0 saturated heterocycles. The van der Waals surface area contributed by atoms with E-state index in [0.717, 1.165) is 15.8 Å². The lowest BCUT2D eigenvalue weighted by atomic mass is 10.2. The van der Waals surface area contributed by atoms with Gasteiger partial charge in [0, 0.05) is 16.5 Å². The molecule has 112 valence electrons. The number of para-hydroxylation sites is 1. The number of thioether (sulfide) groups is 1. The van der Waals surface area contributed by atoms with Crippen molar-refractivity contribution in [1.29, 1.82) is 0 Å². The maximum absolute atomic E-state index is 11.8. The van der Waals surface area contributed by atoms with Crippen molar-refractivity contribution in [2.24, 2.45) is 0 Å². The molecule has 3 aromatic rings. The molecule has 0 saturated carbocycles. The number of rotatable bonds is 5. The number of nitrogens with zero attached hydrogens (tertiary/aromatic N) is 1. The van der Waals surface area contributed by atoms with E-state index in [1.807, 2.05) is 30.3 Å². The molecule has 0 aliphatic carbocycles. The van der Waals surface area contributed by atoms with Gasteiger partial charge in [0.25, 0.3) is 0 Å². The van der Waals surface area contributed by atoms with Gasteiger partial charge >= 0.3 is 5.97 Å². The van der Waals surface area contributed by atoms with E-state index in [1.165, 1.54) is 6.26 Å². The first-order chi connectivity index (χ1) is 10.8. The van der Waals surface area contributed by atoms with Crippen LogP contribution in [0.15, 0.2) is 58.2 Å². The second-order valence-corrected chi connectivity index (χ2v) is 5.61. The van der Waals surface area contributed by atoms with Crippen molar-refractivity contribution in [3.05, 3.63) is 60.2 Å². The summed E-state index contributed by atoms with van der Waals surface area (Å²) in [5.41, 5.74) is 1.45. The van der Waals surface area contributed by atoms with Gasteiger partial charge in [-0.15, -0.1) is 11.8 Å². The summed E-state index contributed by atoms with van der Waals surface area (Å²) >= 11 is 1.62. The molecule has 2 heterocycles. The van der Waals surface area contributed by atoms with Gasteiger partial charge in [0.2, 0.25) is 0 Å². The van der Waals surface area contributed by atoms with Gasteiger partial charge in [-0.05, 0) is 25.1 Å². The Hall–Kier alpha value is -2.27. The van der Waals surface area contributed by atoms with Crippen LogP contribution in [0.5, 0.6) is 0 Å². The number of benzene rings is 1. The molecule has 0 amide bonds. The highest BCUT2D eigenvalue weighted by atomic mass is 32.2. The van der Waals surface area contributed by atoms with E-state index in [4.69, 9.17) is 9.15 Å². The second-order valence-electron chi connectivity index (χ2n) is 4.59. The zero-order valence-electron chi connectivity index (χ0n) is 12.1. The highest BCUT2D eigenvalue weighted by molar-refractivity contribution is 7.98. The molecule has 3 rings (SSSR count). The lowest BCUT2D eigenvalue weighted by Crippen LogP contribution is -2.05. The van der Waals surface area contributed by atoms with Crippen LogP contribution in [-0.2, 0) is 10.5 Å². The van der Waals surface area contributed by atoms with Crippen molar-refractivity contribution in [1.82, 2.24) is 4.98 Å². The topological polar surface area (TPSA) is 52.3 Å². The standard InChI is InChI=1S/C17H15NO3S/c1-2-20-17(19)13-8-10-21-15(13)11-22-16-7-9-18-14-6-4-3-5-12(14)16/h3-10H,2,11H2,1H3. The zero-order chi connectivity index (χ0) is 15.4. The Morgan fingerprint density at radius 1 is 1.27 bits per heavy atom. The number of esters is 1. The molecule has 0 N–H and O–H groups in total. The van der Waals surface area contributed by atoms with Gasteiger partial charge in [-0.3, -0.25) is 4.98 Å². The third-order valence-electron chi connectivity index (χ3n) is 3.21. The van der Waals surface area contributed by atoms with Crippen LogP contribution >= 0.6 is 11.8 Å². The summed E-state index contributed by atoms with van der Waals surface area (Å²) in [4.78, 5) is 17.3. The molecule has 0 atom stereocenters. The minimum Gasteiger partial charge on any atom is -0.468 e. The fraction of sp³-hybridized carbons (Fsp3) is 0.176. The molecule has 2 aromatic heterocycles. The number of fused-ring (bicyclic) bond motifs is 1. The van der Waals surface area contributed by atoms with Crippen molar-refractivity contribution in [2.45, 2.75) is 17.6 Å². The number of aromatic nitrogens is 1. The summed E-state index contributed by atoms with van der Waals surface area (Å²) in [5.74, 6) is 0.852. The summed E-state index contributed by atoms with van der Waals surface area (Å²) in [6, 6.07) is 11.6. The molecule has 0 unspecified atom stereocenters. The minimum atomic E-state index is -0.341. The molecular weight excluding hydrogens is 298 g/mol. The first-order valence-electron chi connectivity index (χ1n) is 6.99. The average molecular weight is 313 g/mol. The Bertz CT molecular complexity index is 792. The number of hydrogen-bond donors (Lipinski definition) is 0. The average Bonchev–Trinajstić information content (AvgIpc) is 3.01. The summed E-state index contributed by atoms with van der Waals surface area (Å²) < 4.78 is 10.5. The van der Waals surface area contributed by atoms with Crippen LogP contribution in [0.3, 0.4) is 0 Å². The zero-order valence-corrected chi connectivity index (χ0v) is 12.9. The molecule has 5 heteroatoms. The first-order valence-corrected chi connectivity index (χ1v) is 7.98. The fourth-order valence-corrected chi connectivity index (χ4v) is 3.18. The van der Waals surface area contributed by atoms with Crippen LogP contribution in [0.4, 0.5) is 0 Å². The third-order valence-corrected chi connectivity index (χ3v) is 4.28. The smallest absolute Gasteiger partial charge is 0.341 e. The number of hydrogen-bond acceptors (Lipinski definition) is 5. The van der Waals surface area contributed by atoms with E-state index in [-0.39, 0.29) is 5.97 Å². The predicted octanol–water partition coefficient (Wildman–Crippen LogP) is 4.30. The molecule has 0 radical (unpaired) electrons. The van der Waals surface area contributed by atoms with Crippen LogP contribution in [0.2, 0.25) is 0 Å². The number of carbonyl (C=O) groups excluding carboxylic acids is 1. The number of ether oxygens (including phenoxy) is 1. The van der Waals surface area contributed by atoms with Crippen LogP contribution in [0.1, 0.15) is 23.0 Å². The minimum absolute atomic E-state index is 0.341. The van der Waals surface area contributed by atoms with E-state index < -0.39 is 0 Å². The molecule has 0 spiro atoms. The second kappa shape index (κ2) is 6.66. The Kier molecular flexibility index (Phi) is 4.44. The van der Waals surface area contributed by atoms with Gasteiger partial charge < -0.3 is 9.15 Å². The van der Waals surface area contributed by atoms with E-state index in [9.17, 15) is 4.79 Å². The lowest BCUT2D eigenvalue weighted by Gasteiger charge is -2.06. The van der Waals surface area contributed by atoms with E-state index >= 15 is 0 Å². The molecule has 0 fully saturated rings. The monoisotopic (exact) mass is 313 g/mol. The predicted molar refractivity (Wildman–Crippen MR) is 86.0 cm³/mol. The Morgan fingerprint density at radius 3 is 3.00 bits per heavy atom. The van der Waals surface area contributed by atoms with Crippen LogP contribution in [0, 0.1) is 0 Å². The highest BCUT2D eigenvalue weighted by Crippen LogP contribution is 2.30. The van der Waals surface area contributed by atoms with Crippen molar-refractivity contribution in [3.63, 3.8) is 0 Å². The third kappa shape index (κ3) is 2.99. The van der Waals surface area contributed by atoms with Gasteiger partial charge in [-0.2, -0.15) is 0 Å². The Labute approximate surface area is 132 Å². The van der Waals surface area contributed by atoms with Crippen molar-refractivity contribution < 1.29 is 13.9 Å². The number of furan rings is 1. The van der Waals surface area contributed by atoms with E-state index in [1.54, 1.807) is 30.9 Å². The maximum Gasteiger partial charge on any atom is 0.341 e. The van der Waals surface area contributed by atoms with Gasteiger partial charge in [0.15, 0.2) is 0 Å². The van der Waals surface area contributed by atoms with Gasteiger partial charge in [-0.1, -0.05) is 18.2 Å². The highest BCUT2D eigenvalue weighted by Gasteiger charge is 2.16. The normalized spacial score (nSPS) is 10.8. The van der Waals surface area contributed by atoms with Gasteiger partial charge in [-0.25, -0.2) is 4.79 Å². The summed E-state index contributed by atoms with van der Waals surface area (Å²) in [5, 5.41) is 1.10. The van der Waals surface area contributed by atoms with Crippen molar-refractivity contribution in [3.8, 4) is 0 Å². The number of pyridine rings is 1. The molecular formula is C17H15NO3S. The van der Waals surface area contributed by atoms with Crippen molar-refractivity contribution in [2.75, 3.05) is 6.61 Å². The summed E-state index contributed by atoms with van der Waals surface area (Å²) in [6.07, 6.45) is 3.31. The Morgan fingerprint density at radius 2 is 2.14 bits per heavy atom. The molecule has 0 bridgehead atoms. The molecule has 1 aromatic carbocycles. The molecule has 0 aliphatic heterocycles. The number of carbonyl (C=O) groups is 1. The Balaban J connectivity index is 1.80. The largest absolute Gasteiger partial charge is 0.468 e. The van der Waals surface area contributed by atoms with Crippen LogP contribution in [0.25, 0.3) is 10.9 Å². The maximum atomic E-state index is 11.8. The first kappa shape index (κ1) is 14.7. The summed E-state index contributed by atoms with van der Waals surface area (Å²) in [6.45, 7) is 2.14.